The molecule has 0 saturated carbocycles. The molecular weight excluding hydrogens is 354 g/mol. The summed E-state index contributed by atoms with van der Waals surface area (Å²) < 4.78 is 2.05. The summed E-state index contributed by atoms with van der Waals surface area (Å²) in [6.45, 7) is 4.60. The van der Waals surface area contributed by atoms with Gasteiger partial charge < -0.3 is 4.57 Å². The summed E-state index contributed by atoms with van der Waals surface area (Å²) in [5, 5.41) is 3.22. The van der Waals surface area contributed by atoms with Crippen LogP contribution in [0, 0.1) is 6.92 Å². The van der Waals surface area contributed by atoms with Crippen molar-refractivity contribution in [3.05, 3.63) is 71.4 Å². The Kier molecular flexibility index (Phi) is 4.31. The first-order valence-corrected chi connectivity index (χ1v) is 9.06. The molecule has 3 aromatic rings. The number of nitrogens with one attached hydrogen (secondary N) is 1. The number of hydrogen-bond acceptors (Lipinski definition) is 3. The summed E-state index contributed by atoms with van der Waals surface area (Å²) in [5.74, 6) is -1.32. The Labute approximate surface area is 162 Å². The number of urea groups is 1. The van der Waals surface area contributed by atoms with Crippen LogP contribution in [-0.2, 0) is 16.1 Å². The van der Waals surface area contributed by atoms with E-state index in [1.807, 2.05) is 56.4 Å². The number of fused-ring (bicyclic) bond motifs is 1. The molecule has 2 aromatic carbocycles. The summed E-state index contributed by atoms with van der Waals surface area (Å²) in [6.07, 6.45) is 3.47. The van der Waals surface area contributed by atoms with Gasteiger partial charge in [-0.1, -0.05) is 36.4 Å². The third-order valence-corrected chi connectivity index (χ3v) is 4.92. The molecule has 0 radical (unpaired) electrons. The highest BCUT2D eigenvalue weighted by Crippen LogP contribution is 2.27. The molecule has 1 fully saturated rings. The van der Waals surface area contributed by atoms with Crippen LogP contribution in [0.3, 0.4) is 0 Å². The molecule has 1 aromatic heterocycles. The van der Waals surface area contributed by atoms with E-state index in [4.69, 9.17) is 0 Å². The van der Waals surface area contributed by atoms with Crippen LogP contribution in [0.1, 0.15) is 18.1 Å². The van der Waals surface area contributed by atoms with Crippen molar-refractivity contribution in [2.24, 2.45) is 0 Å². The van der Waals surface area contributed by atoms with Gasteiger partial charge in [-0.2, -0.15) is 0 Å². The highest BCUT2D eigenvalue weighted by atomic mass is 16.2. The molecule has 0 spiro atoms. The lowest BCUT2D eigenvalue weighted by atomic mass is 10.1. The molecule has 0 atom stereocenters. The van der Waals surface area contributed by atoms with Crippen LogP contribution < -0.4 is 10.2 Å². The maximum atomic E-state index is 13.1. The van der Waals surface area contributed by atoms with Gasteiger partial charge in [0.15, 0.2) is 0 Å². The van der Waals surface area contributed by atoms with Gasteiger partial charge in [-0.05, 0) is 37.6 Å². The number of carbonyl (C=O) groups is 3. The summed E-state index contributed by atoms with van der Waals surface area (Å²) in [7, 11) is 0. The predicted molar refractivity (Wildman–Crippen MR) is 108 cm³/mol. The number of aromatic nitrogens is 1. The lowest BCUT2D eigenvalue weighted by Crippen LogP contribution is -2.54. The Morgan fingerprint density at radius 2 is 1.71 bits per heavy atom. The zero-order valence-corrected chi connectivity index (χ0v) is 15.6. The maximum absolute atomic E-state index is 13.1. The van der Waals surface area contributed by atoms with Crippen molar-refractivity contribution in [3.8, 4) is 0 Å². The molecule has 6 nitrogen and oxygen atoms in total. The van der Waals surface area contributed by atoms with Gasteiger partial charge in [-0.25, -0.2) is 9.69 Å². The number of anilines is 1. The third kappa shape index (κ3) is 2.79. The SMILES string of the molecule is CCn1cc(/C=C2/C(=O)NC(=O)N(c3ccccc3C)C2=O)c2ccccc21. The number of imide groups is 2. The van der Waals surface area contributed by atoms with Crippen molar-refractivity contribution in [3.63, 3.8) is 0 Å². The molecule has 4 rings (SSSR count). The van der Waals surface area contributed by atoms with Crippen LogP contribution in [0.4, 0.5) is 10.5 Å². The quantitative estimate of drug-likeness (QED) is 0.563. The molecule has 6 heteroatoms. The van der Waals surface area contributed by atoms with Crippen LogP contribution in [0.5, 0.6) is 0 Å². The average molecular weight is 373 g/mol. The van der Waals surface area contributed by atoms with E-state index in [0.717, 1.165) is 33.5 Å². The van der Waals surface area contributed by atoms with E-state index in [-0.39, 0.29) is 5.57 Å². The predicted octanol–water partition coefficient (Wildman–Crippen LogP) is 3.64. The van der Waals surface area contributed by atoms with Crippen molar-refractivity contribution in [2.45, 2.75) is 20.4 Å². The standard InChI is InChI=1S/C22H19N3O3/c1-3-24-13-15(16-9-5-7-11-19(16)24)12-17-20(26)23-22(28)25(21(17)27)18-10-6-4-8-14(18)2/h4-13H,3H2,1-2H3,(H,23,26,28)/b17-12-. The van der Waals surface area contributed by atoms with Crippen molar-refractivity contribution < 1.29 is 14.4 Å². The zero-order valence-electron chi connectivity index (χ0n) is 15.6. The lowest BCUT2D eigenvalue weighted by molar-refractivity contribution is -0.122. The number of carbonyl (C=O) groups excluding carboxylic acids is 3. The van der Waals surface area contributed by atoms with Crippen LogP contribution in [0.25, 0.3) is 17.0 Å². The van der Waals surface area contributed by atoms with Crippen molar-refractivity contribution in [2.75, 3.05) is 4.90 Å². The molecule has 0 aliphatic carbocycles. The fraction of sp³-hybridized carbons (Fsp3) is 0.136. The molecule has 0 bridgehead atoms. The first-order chi connectivity index (χ1) is 13.5. The smallest absolute Gasteiger partial charge is 0.335 e. The Bertz CT molecular complexity index is 1160. The van der Waals surface area contributed by atoms with E-state index >= 15 is 0 Å². The van der Waals surface area contributed by atoms with Gasteiger partial charge in [0, 0.05) is 29.2 Å². The van der Waals surface area contributed by atoms with E-state index < -0.39 is 17.8 Å². The van der Waals surface area contributed by atoms with Gasteiger partial charge in [-0.15, -0.1) is 0 Å². The van der Waals surface area contributed by atoms with E-state index in [1.165, 1.54) is 0 Å². The minimum Gasteiger partial charge on any atom is -0.347 e. The van der Waals surface area contributed by atoms with Gasteiger partial charge in [0.25, 0.3) is 11.8 Å². The minimum atomic E-state index is -0.738. The molecule has 1 aliphatic rings. The van der Waals surface area contributed by atoms with Gasteiger partial charge in [0.2, 0.25) is 0 Å². The van der Waals surface area contributed by atoms with Gasteiger partial charge >= 0.3 is 6.03 Å². The first kappa shape index (κ1) is 17.7. The third-order valence-electron chi connectivity index (χ3n) is 4.92. The fourth-order valence-electron chi connectivity index (χ4n) is 3.50. The van der Waals surface area contributed by atoms with E-state index in [0.29, 0.717) is 5.69 Å². The molecule has 1 saturated heterocycles. The average Bonchev–Trinajstić information content (AvgIpc) is 3.04. The summed E-state index contributed by atoms with van der Waals surface area (Å²) in [4.78, 5) is 38.9. The number of aryl methyl sites for hydroxylation is 2. The Hall–Kier alpha value is -3.67. The van der Waals surface area contributed by atoms with E-state index in [2.05, 4.69) is 9.88 Å². The first-order valence-electron chi connectivity index (χ1n) is 9.06. The molecule has 28 heavy (non-hydrogen) atoms. The van der Waals surface area contributed by atoms with Gasteiger partial charge in [-0.3, -0.25) is 14.9 Å². The Balaban J connectivity index is 1.83. The van der Waals surface area contributed by atoms with Crippen LogP contribution in [0.2, 0.25) is 0 Å². The second kappa shape index (κ2) is 6.81. The lowest BCUT2D eigenvalue weighted by Gasteiger charge is -2.27. The topological polar surface area (TPSA) is 71.4 Å². The number of benzene rings is 2. The van der Waals surface area contributed by atoms with Gasteiger partial charge in [0.05, 0.1) is 5.69 Å². The molecule has 140 valence electrons. The minimum absolute atomic E-state index is 0.0677. The normalized spacial score (nSPS) is 16.1. The van der Waals surface area contributed by atoms with Crippen LogP contribution >= 0.6 is 0 Å². The zero-order chi connectivity index (χ0) is 19.8. The molecular formula is C22H19N3O3. The van der Waals surface area contributed by atoms with Crippen molar-refractivity contribution in [1.29, 1.82) is 0 Å². The second-order valence-corrected chi connectivity index (χ2v) is 6.63. The molecule has 4 amide bonds. The van der Waals surface area contributed by atoms with Gasteiger partial charge in [0.1, 0.15) is 5.57 Å². The number of amides is 4. The monoisotopic (exact) mass is 373 g/mol. The van der Waals surface area contributed by atoms with E-state index in [9.17, 15) is 14.4 Å². The fourth-order valence-corrected chi connectivity index (χ4v) is 3.50. The van der Waals surface area contributed by atoms with Crippen molar-refractivity contribution >= 4 is 40.5 Å². The Morgan fingerprint density at radius 3 is 2.46 bits per heavy atom. The number of para-hydroxylation sites is 2. The highest BCUT2D eigenvalue weighted by Gasteiger charge is 2.37. The maximum Gasteiger partial charge on any atom is 0.335 e. The summed E-state index contributed by atoms with van der Waals surface area (Å²) in [5.41, 5.74) is 2.94. The van der Waals surface area contributed by atoms with Crippen LogP contribution in [0.15, 0.2) is 60.3 Å². The van der Waals surface area contributed by atoms with Crippen molar-refractivity contribution in [1.82, 2.24) is 9.88 Å². The van der Waals surface area contributed by atoms with Crippen LogP contribution in [-0.4, -0.2) is 22.4 Å². The molecule has 2 heterocycles. The number of nitrogens with zero attached hydrogens (tertiary/aromatic N) is 2. The number of barbiturate groups is 1. The largest absolute Gasteiger partial charge is 0.347 e. The number of rotatable bonds is 3. The molecule has 0 unspecified atom stereocenters. The summed E-state index contributed by atoms with van der Waals surface area (Å²) >= 11 is 0. The highest BCUT2D eigenvalue weighted by molar-refractivity contribution is 6.39. The second-order valence-electron chi connectivity index (χ2n) is 6.63. The summed E-state index contributed by atoms with van der Waals surface area (Å²) in [6, 6.07) is 14.1. The molecule has 1 N–H and O–H groups in total. The number of hydrogen-bond donors (Lipinski definition) is 1. The van der Waals surface area contributed by atoms with E-state index in [1.54, 1.807) is 18.2 Å². The Morgan fingerprint density at radius 1 is 1.00 bits per heavy atom. The molecule has 1 aliphatic heterocycles.